The maximum atomic E-state index is 12.4. The lowest BCUT2D eigenvalue weighted by atomic mass is 10.1. The van der Waals surface area contributed by atoms with Crippen molar-refractivity contribution < 1.29 is 14.3 Å². The Bertz CT molecular complexity index is 1020. The number of hydrogen-bond donors (Lipinski definition) is 2. The summed E-state index contributed by atoms with van der Waals surface area (Å²) in [7, 11) is 0. The van der Waals surface area contributed by atoms with E-state index in [0.29, 0.717) is 24.8 Å². The van der Waals surface area contributed by atoms with E-state index in [4.69, 9.17) is 9.47 Å². The van der Waals surface area contributed by atoms with Crippen LogP contribution in [0.4, 0.5) is 17.2 Å². The number of hydrogen-bond acceptors (Lipinski definition) is 6. The number of anilines is 3. The standard InChI is InChI=1S/C21H20N4O3/c1-13-4-3-5-16(14(13)2)23-21(26)17-7-9-20(25-24-17)22-15-6-8-18-19(12-15)28-11-10-27-18/h3-9,12H,10-11H2,1-2H3,(H,22,25)(H,23,26). The topological polar surface area (TPSA) is 85.4 Å². The molecule has 1 amide bonds. The molecule has 2 N–H and O–H groups in total. The van der Waals surface area contributed by atoms with Gasteiger partial charge in [0.25, 0.3) is 5.91 Å². The number of nitrogens with zero attached hydrogens (tertiary/aromatic N) is 2. The van der Waals surface area contributed by atoms with Crippen molar-refractivity contribution in [3.8, 4) is 11.5 Å². The van der Waals surface area contributed by atoms with Gasteiger partial charge in [-0.3, -0.25) is 4.79 Å². The summed E-state index contributed by atoms with van der Waals surface area (Å²) in [4.78, 5) is 12.4. The Hall–Kier alpha value is -3.61. The Morgan fingerprint density at radius 1 is 0.964 bits per heavy atom. The number of aryl methyl sites for hydroxylation is 1. The third-order valence-electron chi connectivity index (χ3n) is 4.56. The van der Waals surface area contributed by atoms with Gasteiger partial charge in [0, 0.05) is 17.4 Å². The molecule has 0 radical (unpaired) electrons. The molecule has 0 aliphatic carbocycles. The van der Waals surface area contributed by atoms with Crippen molar-refractivity contribution in [1.82, 2.24) is 10.2 Å². The van der Waals surface area contributed by atoms with Gasteiger partial charge in [-0.1, -0.05) is 12.1 Å². The quantitative estimate of drug-likeness (QED) is 0.719. The molecule has 0 saturated heterocycles. The Morgan fingerprint density at radius 2 is 1.79 bits per heavy atom. The summed E-state index contributed by atoms with van der Waals surface area (Å²) in [6.45, 7) is 5.05. The summed E-state index contributed by atoms with van der Waals surface area (Å²) >= 11 is 0. The number of amides is 1. The molecule has 142 valence electrons. The van der Waals surface area contributed by atoms with Gasteiger partial charge in [-0.2, -0.15) is 0 Å². The number of aromatic nitrogens is 2. The van der Waals surface area contributed by atoms with E-state index in [9.17, 15) is 4.79 Å². The normalized spacial score (nSPS) is 12.4. The number of rotatable bonds is 4. The van der Waals surface area contributed by atoms with Gasteiger partial charge in [-0.05, 0) is 55.3 Å². The number of ether oxygens (including phenoxy) is 2. The number of carbonyl (C=O) groups is 1. The summed E-state index contributed by atoms with van der Waals surface area (Å²) in [5, 5.41) is 14.1. The second kappa shape index (κ2) is 7.56. The zero-order valence-corrected chi connectivity index (χ0v) is 15.7. The zero-order valence-electron chi connectivity index (χ0n) is 15.7. The maximum Gasteiger partial charge on any atom is 0.276 e. The van der Waals surface area contributed by atoms with Crippen molar-refractivity contribution in [3.05, 3.63) is 65.4 Å². The van der Waals surface area contributed by atoms with Crippen LogP contribution in [0.2, 0.25) is 0 Å². The predicted octanol–water partition coefficient (Wildman–Crippen LogP) is 3.86. The van der Waals surface area contributed by atoms with Gasteiger partial charge in [0.05, 0.1) is 0 Å². The summed E-state index contributed by atoms with van der Waals surface area (Å²) < 4.78 is 11.1. The Morgan fingerprint density at radius 3 is 2.57 bits per heavy atom. The predicted molar refractivity (Wildman–Crippen MR) is 107 cm³/mol. The fourth-order valence-electron chi connectivity index (χ4n) is 2.86. The molecule has 2 heterocycles. The molecule has 2 aromatic carbocycles. The molecular weight excluding hydrogens is 356 g/mol. The van der Waals surface area contributed by atoms with Gasteiger partial charge >= 0.3 is 0 Å². The van der Waals surface area contributed by atoms with Gasteiger partial charge in [0.1, 0.15) is 13.2 Å². The van der Waals surface area contributed by atoms with Crippen LogP contribution in [0.5, 0.6) is 11.5 Å². The van der Waals surface area contributed by atoms with Crippen molar-refractivity contribution >= 4 is 23.1 Å². The zero-order chi connectivity index (χ0) is 19.5. The lowest BCUT2D eigenvalue weighted by Gasteiger charge is -2.19. The highest BCUT2D eigenvalue weighted by Crippen LogP contribution is 2.33. The molecule has 0 bridgehead atoms. The fourth-order valence-corrected chi connectivity index (χ4v) is 2.86. The lowest BCUT2D eigenvalue weighted by molar-refractivity contribution is 0.102. The highest BCUT2D eigenvalue weighted by Gasteiger charge is 2.13. The third kappa shape index (κ3) is 3.73. The monoisotopic (exact) mass is 376 g/mol. The average Bonchev–Trinajstić information content (AvgIpc) is 2.72. The van der Waals surface area contributed by atoms with E-state index in [1.807, 2.05) is 50.2 Å². The molecule has 28 heavy (non-hydrogen) atoms. The smallest absolute Gasteiger partial charge is 0.276 e. The van der Waals surface area contributed by atoms with Crippen LogP contribution < -0.4 is 20.1 Å². The maximum absolute atomic E-state index is 12.4. The van der Waals surface area contributed by atoms with Crippen molar-refractivity contribution in [3.63, 3.8) is 0 Å². The summed E-state index contributed by atoms with van der Waals surface area (Å²) in [6.07, 6.45) is 0. The van der Waals surface area contributed by atoms with Crippen LogP contribution >= 0.6 is 0 Å². The first-order valence-corrected chi connectivity index (χ1v) is 8.98. The van der Waals surface area contributed by atoms with Crippen LogP contribution in [-0.2, 0) is 0 Å². The van der Waals surface area contributed by atoms with Gasteiger partial charge < -0.3 is 20.1 Å². The minimum absolute atomic E-state index is 0.244. The second-order valence-electron chi connectivity index (χ2n) is 6.49. The van der Waals surface area contributed by atoms with E-state index in [2.05, 4.69) is 20.8 Å². The van der Waals surface area contributed by atoms with Crippen molar-refractivity contribution in [2.24, 2.45) is 0 Å². The molecule has 0 unspecified atom stereocenters. The summed E-state index contributed by atoms with van der Waals surface area (Å²) in [5.41, 5.74) is 3.95. The Labute approximate surface area is 162 Å². The SMILES string of the molecule is Cc1cccc(NC(=O)c2ccc(Nc3ccc4c(c3)OCCO4)nn2)c1C. The summed E-state index contributed by atoms with van der Waals surface area (Å²) in [5.74, 6) is 1.64. The highest BCUT2D eigenvalue weighted by atomic mass is 16.6. The molecule has 0 fully saturated rings. The first-order chi connectivity index (χ1) is 13.6. The van der Waals surface area contributed by atoms with E-state index in [-0.39, 0.29) is 11.6 Å². The second-order valence-corrected chi connectivity index (χ2v) is 6.49. The van der Waals surface area contributed by atoms with E-state index in [1.54, 1.807) is 12.1 Å². The molecule has 0 spiro atoms. The first-order valence-electron chi connectivity index (χ1n) is 8.98. The third-order valence-corrected chi connectivity index (χ3v) is 4.56. The van der Waals surface area contributed by atoms with Gasteiger partial charge in [0.2, 0.25) is 0 Å². The molecule has 1 aromatic heterocycles. The first kappa shape index (κ1) is 17.8. The van der Waals surface area contributed by atoms with Crippen LogP contribution in [0, 0.1) is 13.8 Å². The minimum atomic E-state index is -0.299. The molecule has 1 aliphatic heterocycles. The summed E-state index contributed by atoms with van der Waals surface area (Å²) in [6, 6.07) is 14.7. The molecule has 0 atom stereocenters. The molecule has 3 aromatic rings. The van der Waals surface area contributed by atoms with E-state index in [0.717, 1.165) is 28.3 Å². The molecule has 0 saturated carbocycles. The molecule has 7 nitrogen and oxygen atoms in total. The fraction of sp³-hybridized carbons (Fsp3) is 0.190. The molecule has 4 rings (SSSR count). The van der Waals surface area contributed by atoms with E-state index in [1.165, 1.54) is 0 Å². The molecule has 7 heteroatoms. The van der Waals surface area contributed by atoms with E-state index >= 15 is 0 Å². The van der Waals surface area contributed by atoms with E-state index < -0.39 is 0 Å². The number of fused-ring (bicyclic) bond motifs is 1. The van der Waals surface area contributed by atoms with Gasteiger partial charge in [0.15, 0.2) is 23.0 Å². The molecular formula is C21H20N4O3. The largest absolute Gasteiger partial charge is 0.486 e. The molecule has 1 aliphatic rings. The average molecular weight is 376 g/mol. The highest BCUT2D eigenvalue weighted by molar-refractivity contribution is 6.03. The van der Waals surface area contributed by atoms with Crippen molar-refractivity contribution in [2.75, 3.05) is 23.8 Å². The van der Waals surface area contributed by atoms with Crippen molar-refractivity contribution in [1.29, 1.82) is 0 Å². The lowest BCUT2D eigenvalue weighted by Crippen LogP contribution is -2.16. The van der Waals surface area contributed by atoms with Crippen LogP contribution in [0.15, 0.2) is 48.5 Å². The van der Waals surface area contributed by atoms with Gasteiger partial charge in [-0.15, -0.1) is 10.2 Å². The van der Waals surface area contributed by atoms with Crippen LogP contribution in [0.25, 0.3) is 0 Å². The number of nitrogens with one attached hydrogen (secondary N) is 2. The van der Waals surface area contributed by atoms with Gasteiger partial charge in [-0.25, -0.2) is 0 Å². The van der Waals surface area contributed by atoms with Crippen LogP contribution in [0.1, 0.15) is 21.6 Å². The Balaban J connectivity index is 1.45. The minimum Gasteiger partial charge on any atom is -0.486 e. The number of carbonyl (C=O) groups excluding carboxylic acids is 1. The van der Waals surface area contributed by atoms with Crippen LogP contribution in [-0.4, -0.2) is 29.3 Å². The Kier molecular flexibility index (Phi) is 4.80. The number of benzene rings is 2. The van der Waals surface area contributed by atoms with Crippen LogP contribution in [0.3, 0.4) is 0 Å². The van der Waals surface area contributed by atoms with Crippen molar-refractivity contribution in [2.45, 2.75) is 13.8 Å².